The number of carbonyl (C=O) groups is 3. The van der Waals surface area contributed by atoms with Crippen molar-refractivity contribution < 1.29 is 29.0 Å². The zero-order chi connectivity index (χ0) is 32.1. The Hall–Kier alpha value is -3.95. The Morgan fingerprint density at radius 1 is 1.09 bits per heavy atom. The van der Waals surface area contributed by atoms with Gasteiger partial charge in [0.25, 0.3) is 0 Å². The second-order valence-corrected chi connectivity index (χ2v) is 12.0. The van der Waals surface area contributed by atoms with Crippen LogP contribution in [0.5, 0.6) is 5.75 Å². The van der Waals surface area contributed by atoms with Crippen molar-refractivity contribution in [3.63, 3.8) is 0 Å². The van der Waals surface area contributed by atoms with E-state index in [1.807, 2.05) is 61.5 Å². The molecule has 2 aromatic rings. The fourth-order valence-corrected chi connectivity index (χ4v) is 7.51. The standard InChI is InChI=1S/C36H45N3O6/c1-5-9-23-37(21-6-2)35(43)32-36-20-19-29(45-36)30(31(36)34(42)39(32)28(24-40)25-13-11-10-12-14-25)33(41)38(22-7-3)26-15-17-27(18-16-26)44-8-4/h6-7,10-18,28-32,40H,2-3,5,8-9,19-24H2,1,4H3/t28-,29+,30-,31+,32?,36?/m1/s1. The Kier molecular flexibility index (Phi) is 10.1. The zero-order valence-electron chi connectivity index (χ0n) is 26.3. The number of rotatable bonds is 15. The number of aliphatic hydroxyl groups is 1. The molecule has 0 aromatic heterocycles. The first-order valence-electron chi connectivity index (χ1n) is 16.1. The summed E-state index contributed by atoms with van der Waals surface area (Å²) in [6, 6.07) is 14.7. The molecule has 3 heterocycles. The molecule has 6 atom stereocenters. The monoisotopic (exact) mass is 615 g/mol. The number of anilines is 1. The van der Waals surface area contributed by atoms with E-state index in [0.29, 0.717) is 49.5 Å². The van der Waals surface area contributed by atoms with Gasteiger partial charge in [0.1, 0.15) is 17.4 Å². The first-order valence-corrected chi connectivity index (χ1v) is 16.1. The van der Waals surface area contributed by atoms with Gasteiger partial charge in [-0.1, -0.05) is 55.8 Å². The summed E-state index contributed by atoms with van der Waals surface area (Å²) in [5, 5.41) is 10.7. The summed E-state index contributed by atoms with van der Waals surface area (Å²) in [7, 11) is 0. The van der Waals surface area contributed by atoms with Crippen LogP contribution in [-0.4, -0.2) is 83.2 Å². The Labute approximate surface area is 266 Å². The van der Waals surface area contributed by atoms with E-state index in [9.17, 15) is 19.5 Å². The SMILES string of the molecule is C=CCN(CCCC)C(=O)C1N([C@H](CO)c2ccccc2)C(=O)[C@@H]2[C@H](C(=O)N(CC=C)c3ccc(OCC)cc3)[C@@H]3CCC12O3. The van der Waals surface area contributed by atoms with Gasteiger partial charge in [0.15, 0.2) is 0 Å². The number of hydrogen-bond donors (Lipinski definition) is 1. The lowest BCUT2D eigenvalue weighted by atomic mass is 9.70. The number of benzene rings is 2. The van der Waals surface area contributed by atoms with E-state index in [0.717, 1.165) is 12.8 Å². The second kappa shape index (κ2) is 14.0. The number of unbranched alkanes of at least 4 members (excludes halogenated alkanes) is 1. The zero-order valence-corrected chi connectivity index (χ0v) is 26.3. The molecule has 0 aliphatic carbocycles. The molecule has 9 nitrogen and oxygen atoms in total. The lowest BCUT2D eigenvalue weighted by Crippen LogP contribution is -2.57. The van der Waals surface area contributed by atoms with Crippen molar-refractivity contribution in [3.05, 3.63) is 85.5 Å². The maximum absolute atomic E-state index is 14.7. The molecule has 5 rings (SSSR count). The molecule has 2 bridgehead atoms. The fourth-order valence-electron chi connectivity index (χ4n) is 7.51. The molecule has 3 aliphatic rings. The number of amides is 3. The highest BCUT2D eigenvalue weighted by atomic mass is 16.5. The molecule has 2 unspecified atom stereocenters. The van der Waals surface area contributed by atoms with Crippen molar-refractivity contribution in [1.82, 2.24) is 9.80 Å². The normalized spacial score (nSPS) is 25.5. The van der Waals surface area contributed by atoms with Gasteiger partial charge in [0.2, 0.25) is 17.7 Å². The highest BCUT2D eigenvalue weighted by Gasteiger charge is 2.75. The van der Waals surface area contributed by atoms with E-state index in [2.05, 4.69) is 20.1 Å². The number of nitrogens with zero attached hydrogens (tertiary/aromatic N) is 3. The molecule has 1 spiro atoms. The molecule has 1 N–H and O–H groups in total. The predicted molar refractivity (Wildman–Crippen MR) is 173 cm³/mol. The van der Waals surface area contributed by atoms with Gasteiger partial charge in [-0.3, -0.25) is 14.4 Å². The lowest BCUT2D eigenvalue weighted by molar-refractivity contribution is -0.151. The topological polar surface area (TPSA) is 99.6 Å². The number of ether oxygens (including phenoxy) is 2. The maximum atomic E-state index is 14.7. The van der Waals surface area contributed by atoms with E-state index in [1.165, 1.54) is 4.90 Å². The lowest BCUT2D eigenvalue weighted by Gasteiger charge is -2.39. The van der Waals surface area contributed by atoms with E-state index >= 15 is 0 Å². The van der Waals surface area contributed by atoms with Gasteiger partial charge in [-0.05, 0) is 56.0 Å². The molecule has 9 heteroatoms. The average Bonchev–Trinajstić information content (AvgIpc) is 3.70. The molecule has 3 fully saturated rings. The third-order valence-electron chi connectivity index (χ3n) is 9.43. The van der Waals surface area contributed by atoms with Crippen molar-refractivity contribution in [2.75, 3.05) is 37.7 Å². The molecule has 45 heavy (non-hydrogen) atoms. The van der Waals surface area contributed by atoms with Crippen molar-refractivity contribution in [2.45, 2.75) is 63.3 Å². The minimum atomic E-state index is -1.19. The van der Waals surface area contributed by atoms with Crippen LogP contribution in [0.4, 0.5) is 5.69 Å². The van der Waals surface area contributed by atoms with E-state index in [1.54, 1.807) is 22.0 Å². The second-order valence-electron chi connectivity index (χ2n) is 12.0. The fraction of sp³-hybridized carbons (Fsp3) is 0.472. The molecule has 240 valence electrons. The summed E-state index contributed by atoms with van der Waals surface area (Å²) in [6.45, 7) is 12.9. The summed E-state index contributed by atoms with van der Waals surface area (Å²) in [6.07, 6.45) is 5.55. The smallest absolute Gasteiger partial charge is 0.248 e. The summed E-state index contributed by atoms with van der Waals surface area (Å²) >= 11 is 0. The summed E-state index contributed by atoms with van der Waals surface area (Å²) in [4.78, 5) is 48.8. The van der Waals surface area contributed by atoms with Gasteiger partial charge in [-0.25, -0.2) is 0 Å². The van der Waals surface area contributed by atoms with Gasteiger partial charge in [-0.2, -0.15) is 0 Å². The highest BCUT2D eigenvalue weighted by molar-refractivity contribution is 6.03. The third-order valence-corrected chi connectivity index (χ3v) is 9.43. The number of carbonyl (C=O) groups excluding carboxylic acids is 3. The number of aliphatic hydroxyl groups excluding tert-OH is 1. The van der Waals surface area contributed by atoms with Gasteiger partial charge in [0, 0.05) is 25.3 Å². The highest BCUT2D eigenvalue weighted by Crippen LogP contribution is 2.60. The Bertz CT molecular complexity index is 1380. The number of hydrogen-bond acceptors (Lipinski definition) is 6. The molecule has 3 amide bonds. The van der Waals surface area contributed by atoms with Crippen molar-refractivity contribution in [2.24, 2.45) is 11.8 Å². The molecule has 3 saturated heterocycles. The van der Waals surface area contributed by atoms with Crippen LogP contribution in [0.15, 0.2) is 79.9 Å². The van der Waals surface area contributed by atoms with Crippen molar-refractivity contribution in [1.29, 1.82) is 0 Å². The van der Waals surface area contributed by atoms with Gasteiger partial charge >= 0.3 is 0 Å². The van der Waals surface area contributed by atoms with Crippen molar-refractivity contribution in [3.8, 4) is 5.75 Å². The quantitative estimate of drug-likeness (QED) is 0.296. The average molecular weight is 616 g/mol. The van der Waals surface area contributed by atoms with Gasteiger partial charge in [-0.15, -0.1) is 13.2 Å². The van der Waals surface area contributed by atoms with Gasteiger partial charge in [0.05, 0.1) is 37.2 Å². The Balaban J connectivity index is 1.57. The Morgan fingerprint density at radius 3 is 2.42 bits per heavy atom. The van der Waals surface area contributed by atoms with Crippen LogP contribution >= 0.6 is 0 Å². The van der Waals surface area contributed by atoms with Crippen LogP contribution in [0.25, 0.3) is 0 Å². The van der Waals surface area contributed by atoms with E-state index in [-0.39, 0.29) is 30.9 Å². The maximum Gasteiger partial charge on any atom is 0.248 e. The number of fused-ring (bicyclic) bond motifs is 1. The predicted octanol–water partition coefficient (Wildman–Crippen LogP) is 4.53. The van der Waals surface area contributed by atoms with Crippen LogP contribution in [0.2, 0.25) is 0 Å². The van der Waals surface area contributed by atoms with Crippen molar-refractivity contribution >= 4 is 23.4 Å². The minimum absolute atomic E-state index is 0.239. The molecule has 2 aromatic carbocycles. The number of likely N-dealkylation sites (tertiary alicyclic amines) is 1. The summed E-state index contributed by atoms with van der Waals surface area (Å²) in [5.41, 5.74) is 0.182. The molecule has 0 radical (unpaired) electrons. The van der Waals surface area contributed by atoms with Crippen LogP contribution < -0.4 is 9.64 Å². The molecular weight excluding hydrogens is 570 g/mol. The summed E-state index contributed by atoms with van der Waals surface area (Å²) in [5.74, 6) is -1.79. The van der Waals surface area contributed by atoms with Crippen LogP contribution in [0.3, 0.4) is 0 Å². The molecular formula is C36H45N3O6. The van der Waals surface area contributed by atoms with Crippen LogP contribution in [0, 0.1) is 11.8 Å². The Morgan fingerprint density at radius 2 is 1.80 bits per heavy atom. The van der Waals surface area contributed by atoms with E-state index in [4.69, 9.17) is 9.47 Å². The first-order chi connectivity index (χ1) is 21.9. The molecule has 0 saturated carbocycles. The molecule has 3 aliphatic heterocycles. The summed E-state index contributed by atoms with van der Waals surface area (Å²) < 4.78 is 12.3. The van der Waals surface area contributed by atoms with Crippen LogP contribution in [-0.2, 0) is 19.1 Å². The van der Waals surface area contributed by atoms with E-state index < -0.39 is 35.6 Å². The largest absolute Gasteiger partial charge is 0.494 e. The minimum Gasteiger partial charge on any atom is -0.494 e. The van der Waals surface area contributed by atoms with Crippen LogP contribution in [0.1, 0.15) is 51.1 Å². The van der Waals surface area contributed by atoms with Gasteiger partial charge < -0.3 is 29.3 Å². The first kappa shape index (κ1) is 32.4. The third kappa shape index (κ3) is 5.79.